The number of rotatable bonds is 4. The van der Waals surface area contributed by atoms with E-state index < -0.39 is 0 Å². The van der Waals surface area contributed by atoms with E-state index in [4.69, 9.17) is 12.2 Å². The lowest BCUT2D eigenvalue weighted by molar-refractivity contribution is 0.802. The molecule has 0 unspecified atom stereocenters. The van der Waals surface area contributed by atoms with E-state index in [1.165, 1.54) is 9.75 Å². The lowest BCUT2D eigenvalue weighted by Crippen LogP contribution is -2.01. The van der Waals surface area contributed by atoms with Gasteiger partial charge in [0, 0.05) is 27.7 Å². The lowest BCUT2D eigenvalue weighted by atomic mass is 10.2. The van der Waals surface area contributed by atoms with E-state index in [0.717, 1.165) is 24.4 Å². The molecule has 1 N–H and O–H groups in total. The zero-order valence-corrected chi connectivity index (χ0v) is 12.7. The average Bonchev–Trinajstić information content (AvgIpc) is 3.08. The van der Waals surface area contributed by atoms with Crippen LogP contribution in [0, 0.1) is 4.77 Å². The fraction of sp³-hybridized carbons (Fsp3) is 0.214. The Hall–Kier alpha value is -1.79. The van der Waals surface area contributed by atoms with Crippen LogP contribution >= 0.6 is 23.6 Å². The number of hydrogen-bond acceptors (Lipinski definition) is 4. The molecule has 4 nitrogen and oxygen atoms in total. The Morgan fingerprint density at radius 3 is 2.65 bits per heavy atom. The number of aromatic amines is 1. The van der Waals surface area contributed by atoms with Crippen molar-refractivity contribution in [1.29, 1.82) is 0 Å². The Bertz CT molecular complexity index is 755. The number of nitrogens with zero attached hydrogens (tertiary/aromatic N) is 3. The Morgan fingerprint density at radius 1 is 1.20 bits per heavy atom. The number of aryl methyl sites for hydroxylation is 1. The molecular weight excluding hydrogens is 288 g/mol. The summed E-state index contributed by atoms with van der Waals surface area (Å²) in [5, 5.41) is 7.21. The molecule has 0 saturated heterocycles. The molecule has 0 radical (unpaired) electrons. The predicted octanol–water partition coefficient (Wildman–Crippen LogP) is 3.67. The summed E-state index contributed by atoms with van der Waals surface area (Å²) in [6.07, 6.45) is 4.59. The third kappa shape index (κ3) is 2.57. The average molecular weight is 302 g/mol. The summed E-state index contributed by atoms with van der Waals surface area (Å²) in [5.41, 5.74) is 1.01. The highest BCUT2D eigenvalue weighted by Gasteiger charge is 2.10. The largest absolute Gasteiger partial charge is 0.295 e. The van der Waals surface area contributed by atoms with Crippen LogP contribution in [0.3, 0.4) is 0 Å². The van der Waals surface area contributed by atoms with Gasteiger partial charge in [0.2, 0.25) is 0 Å². The first-order valence-corrected chi connectivity index (χ1v) is 7.63. The van der Waals surface area contributed by atoms with Gasteiger partial charge in [-0.3, -0.25) is 14.6 Å². The molecule has 0 bridgehead atoms. The maximum absolute atomic E-state index is 5.34. The van der Waals surface area contributed by atoms with Crippen molar-refractivity contribution in [3.63, 3.8) is 0 Å². The van der Waals surface area contributed by atoms with Gasteiger partial charge in [-0.1, -0.05) is 6.92 Å². The maximum atomic E-state index is 5.34. The Balaban J connectivity index is 1.97. The number of H-pyrrole nitrogens is 1. The number of nitrogens with one attached hydrogen (secondary N) is 1. The normalized spacial score (nSPS) is 10.8. The molecule has 0 aromatic carbocycles. The summed E-state index contributed by atoms with van der Waals surface area (Å²) < 4.78 is 2.67. The molecule has 0 aliphatic heterocycles. The SMILES string of the molecule is CCc1ccc(Cn2c(-c3ccncc3)n[nH]c2=S)s1. The van der Waals surface area contributed by atoms with Crippen LogP contribution in [0.2, 0.25) is 0 Å². The van der Waals surface area contributed by atoms with Crippen molar-refractivity contribution >= 4 is 23.6 Å². The highest BCUT2D eigenvalue weighted by atomic mass is 32.1. The summed E-state index contributed by atoms with van der Waals surface area (Å²) in [5.74, 6) is 0.851. The lowest BCUT2D eigenvalue weighted by Gasteiger charge is -2.05. The van der Waals surface area contributed by atoms with E-state index in [9.17, 15) is 0 Å². The number of hydrogen-bond donors (Lipinski definition) is 1. The predicted molar refractivity (Wildman–Crippen MR) is 83.4 cm³/mol. The van der Waals surface area contributed by atoms with Crippen molar-refractivity contribution in [1.82, 2.24) is 19.7 Å². The minimum atomic E-state index is 0.642. The van der Waals surface area contributed by atoms with Gasteiger partial charge in [-0.2, -0.15) is 5.10 Å². The Morgan fingerprint density at radius 2 is 1.95 bits per heavy atom. The van der Waals surface area contributed by atoms with Gasteiger partial charge in [0.05, 0.1) is 6.54 Å². The van der Waals surface area contributed by atoms with Gasteiger partial charge in [0.25, 0.3) is 0 Å². The molecule has 0 aliphatic rings. The molecule has 0 fully saturated rings. The van der Waals surface area contributed by atoms with Crippen LogP contribution in [-0.4, -0.2) is 19.7 Å². The number of aromatic nitrogens is 4. The highest BCUT2D eigenvalue weighted by Crippen LogP contribution is 2.22. The van der Waals surface area contributed by atoms with Crippen molar-refractivity contribution in [2.45, 2.75) is 19.9 Å². The second kappa shape index (κ2) is 5.68. The van der Waals surface area contributed by atoms with Crippen molar-refractivity contribution < 1.29 is 0 Å². The third-order valence-corrected chi connectivity index (χ3v) is 4.60. The molecule has 20 heavy (non-hydrogen) atoms. The van der Waals surface area contributed by atoms with Crippen molar-refractivity contribution in [2.24, 2.45) is 0 Å². The molecule has 0 atom stereocenters. The smallest absolute Gasteiger partial charge is 0.195 e. The van der Waals surface area contributed by atoms with E-state index in [-0.39, 0.29) is 0 Å². The van der Waals surface area contributed by atoms with Crippen LogP contribution in [0.15, 0.2) is 36.7 Å². The molecular formula is C14H14N4S2. The first-order chi connectivity index (χ1) is 9.78. The standard InChI is InChI=1S/C14H14N4S2/c1-2-11-3-4-12(20-11)9-18-13(16-17-14(18)19)10-5-7-15-8-6-10/h3-8H,2,9H2,1H3,(H,17,19). The first-order valence-electron chi connectivity index (χ1n) is 6.41. The van der Waals surface area contributed by atoms with Crippen molar-refractivity contribution in [3.8, 4) is 11.4 Å². The molecule has 3 aromatic heterocycles. The van der Waals surface area contributed by atoms with Crippen molar-refractivity contribution in [3.05, 3.63) is 51.2 Å². The molecule has 0 amide bonds. The minimum absolute atomic E-state index is 0.642. The van der Waals surface area contributed by atoms with E-state index in [2.05, 4.69) is 34.2 Å². The second-order valence-electron chi connectivity index (χ2n) is 4.40. The number of pyridine rings is 1. The fourth-order valence-corrected chi connectivity index (χ4v) is 3.18. The molecule has 0 aliphatic carbocycles. The summed E-state index contributed by atoms with van der Waals surface area (Å²) in [6.45, 7) is 2.92. The summed E-state index contributed by atoms with van der Waals surface area (Å²) in [7, 11) is 0. The zero-order chi connectivity index (χ0) is 13.9. The molecule has 3 rings (SSSR count). The van der Waals surface area contributed by atoms with Gasteiger partial charge < -0.3 is 0 Å². The maximum Gasteiger partial charge on any atom is 0.195 e. The zero-order valence-electron chi connectivity index (χ0n) is 11.0. The monoisotopic (exact) mass is 302 g/mol. The summed E-state index contributed by atoms with van der Waals surface area (Å²) in [6, 6.07) is 8.21. The van der Waals surface area contributed by atoms with Crippen LogP contribution in [0.25, 0.3) is 11.4 Å². The van der Waals surface area contributed by atoms with Crippen LogP contribution < -0.4 is 0 Å². The molecule has 3 aromatic rings. The molecule has 102 valence electrons. The van der Waals surface area contributed by atoms with Gasteiger partial charge >= 0.3 is 0 Å². The van der Waals surface area contributed by atoms with Gasteiger partial charge in [-0.05, 0) is 42.9 Å². The third-order valence-electron chi connectivity index (χ3n) is 3.08. The number of thiophene rings is 1. The molecule has 0 spiro atoms. The Labute approximate surface area is 126 Å². The summed E-state index contributed by atoms with van der Waals surface area (Å²) >= 11 is 7.16. The first kappa shape index (κ1) is 13.2. The quantitative estimate of drug-likeness (QED) is 0.748. The van der Waals surface area contributed by atoms with Crippen LogP contribution in [0.5, 0.6) is 0 Å². The molecule has 3 heterocycles. The summed E-state index contributed by atoms with van der Waals surface area (Å²) in [4.78, 5) is 6.71. The van der Waals surface area contributed by atoms with Gasteiger partial charge in [-0.15, -0.1) is 11.3 Å². The van der Waals surface area contributed by atoms with E-state index >= 15 is 0 Å². The van der Waals surface area contributed by atoms with E-state index in [0.29, 0.717) is 4.77 Å². The van der Waals surface area contributed by atoms with Crippen molar-refractivity contribution in [2.75, 3.05) is 0 Å². The van der Waals surface area contributed by atoms with Crippen LogP contribution in [-0.2, 0) is 13.0 Å². The minimum Gasteiger partial charge on any atom is -0.295 e. The molecule has 6 heteroatoms. The van der Waals surface area contributed by atoms with Gasteiger partial charge in [0.1, 0.15) is 0 Å². The highest BCUT2D eigenvalue weighted by molar-refractivity contribution is 7.71. The second-order valence-corrected chi connectivity index (χ2v) is 6.04. The van der Waals surface area contributed by atoms with Crippen LogP contribution in [0.1, 0.15) is 16.7 Å². The van der Waals surface area contributed by atoms with E-state index in [1.54, 1.807) is 12.4 Å². The topological polar surface area (TPSA) is 46.5 Å². The molecule has 0 saturated carbocycles. The fourth-order valence-electron chi connectivity index (χ4n) is 2.04. The van der Waals surface area contributed by atoms with Gasteiger partial charge in [-0.25, -0.2) is 0 Å². The van der Waals surface area contributed by atoms with Crippen LogP contribution in [0.4, 0.5) is 0 Å². The van der Waals surface area contributed by atoms with E-state index in [1.807, 2.05) is 28.0 Å². The Kier molecular flexibility index (Phi) is 3.75. The van der Waals surface area contributed by atoms with Gasteiger partial charge in [0.15, 0.2) is 10.6 Å².